The Bertz CT molecular complexity index is 343. The smallest absolute Gasteiger partial charge is 0.317 e. The van der Waals surface area contributed by atoms with Gasteiger partial charge in [-0.1, -0.05) is 11.6 Å². The minimum absolute atomic E-state index is 0.228. The van der Waals surface area contributed by atoms with Gasteiger partial charge in [0.2, 0.25) is 0 Å². The number of benzene rings is 1. The average Bonchev–Trinajstić information content (AvgIpc) is 2.22. The number of nitrogens with two attached hydrogens (primary N) is 1. The van der Waals surface area contributed by atoms with Gasteiger partial charge in [0.05, 0.1) is 6.61 Å². The molecule has 1 aromatic carbocycles. The van der Waals surface area contributed by atoms with Gasteiger partial charge in [0.15, 0.2) is 0 Å². The SMILES string of the molecule is CCOC(=O)CC(=O)O.Nc1ccc(Cl)cc1. The summed E-state index contributed by atoms with van der Waals surface area (Å²) < 4.78 is 4.33. The minimum atomic E-state index is -1.16. The molecule has 0 aromatic heterocycles. The van der Waals surface area contributed by atoms with E-state index in [1.165, 1.54) is 0 Å². The summed E-state index contributed by atoms with van der Waals surface area (Å²) in [7, 11) is 0. The van der Waals surface area contributed by atoms with Crippen molar-refractivity contribution in [2.75, 3.05) is 12.3 Å². The molecule has 0 fully saturated rings. The summed E-state index contributed by atoms with van der Waals surface area (Å²) in [6, 6.07) is 7.05. The first kappa shape index (κ1) is 15.2. The van der Waals surface area contributed by atoms with Gasteiger partial charge in [-0.2, -0.15) is 0 Å². The van der Waals surface area contributed by atoms with Crippen molar-refractivity contribution in [1.29, 1.82) is 0 Å². The van der Waals surface area contributed by atoms with Crippen molar-refractivity contribution in [2.45, 2.75) is 13.3 Å². The number of anilines is 1. The number of carbonyl (C=O) groups excluding carboxylic acids is 1. The molecule has 0 bridgehead atoms. The van der Waals surface area contributed by atoms with Crippen molar-refractivity contribution in [3.63, 3.8) is 0 Å². The van der Waals surface area contributed by atoms with Gasteiger partial charge >= 0.3 is 11.9 Å². The topological polar surface area (TPSA) is 89.6 Å². The number of hydrogen-bond acceptors (Lipinski definition) is 4. The summed E-state index contributed by atoms with van der Waals surface area (Å²) in [5.74, 6) is -1.85. The lowest BCUT2D eigenvalue weighted by molar-refractivity contribution is -0.150. The molecular weight excluding hydrogens is 246 g/mol. The van der Waals surface area contributed by atoms with Crippen LogP contribution in [0, 0.1) is 0 Å². The maximum Gasteiger partial charge on any atom is 0.317 e. The van der Waals surface area contributed by atoms with Crippen LogP contribution in [-0.4, -0.2) is 23.7 Å². The first-order valence-electron chi connectivity index (χ1n) is 4.84. The van der Waals surface area contributed by atoms with Gasteiger partial charge in [0.25, 0.3) is 0 Å². The Kier molecular flexibility index (Phi) is 7.54. The van der Waals surface area contributed by atoms with E-state index in [2.05, 4.69) is 4.74 Å². The van der Waals surface area contributed by atoms with Crippen LogP contribution < -0.4 is 5.73 Å². The van der Waals surface area contributed by atoms with Crippen LogP contribution in [0.15, 0.2) is 24.3 Å². The number of hydrogen-bond donors (Lipinski definition) is 2. The molecule has 0 radical (unpaired) electrons. The summed E-state index contributed by atoms with van der Waals surface area (Å²) in [6.07, 6.45) is -0.548. The molecule has 0 spiro atoms. The molecule has 0 unspecified atom stereocenters. The minimum Gasteiger partial charge on any atom is -0.481 e. The summed E-state index contributed by atoms with van der Waals surface area (Å²) in [4.78, 5) is 20.0. The maximum absolute atomic E-state index is 10.3. The zero-order valence-corrected chi connectivity index (χ0v) is 10.1. The Morgan fingerprint density at radius 1 is 1.35 bits per heavy atom. The summed E-state index contributed by atoms with van der Waals surface area (Å²) in [6.45, 7) is 1.85. The lowest BCUT2D eigenvalue weighted by Gasteiger charge is -1.95. The van der Waals surface area contributed by atoms with Crippen molar-refractivity contribution < 1.29 is 19.4 Å². The highest BCUT2D eigenvalue weighted by Crippen LogP contribution is 2.09. The number of carbonyl (C=O) groups is 2. The number of carboxylic acids is 1. The third-order valence-electron chi connectivity index (χ3n) is 1.47. The second-order valence-electron chi connectivity index (χ2n) is 2.93. The molecule has 1 rings (SSSR count). The largest absolute Gasteiger partial charge is 0.481 e. The van der Waals surface area contributed by atoms with Crippen LogP contribution in [0.2, 0.25) is 5.02 Å². The first-order chi connectivity index (χ1) is 7.95. The van der Waals surface area contributed by atoms with Crippen LogP contribution in [0.5, 0.6) is 0 Å². The Hall–Kier alpha value is -1.75. The molecule has 0 heterocycles. The van der Waals surface area contributed by atoms with Gasteiger partial charge in [-0.3, -0.25) is 9.59 Å². The zero-order chi connectivity index (χ0) is 13.3. The molecule has 94 valence electrons. The van der Waals surface area contributed by atoms with Crippen molar-refractivity contribution in [2.24, 2.45) is 0 Å². The van der Waals surface area contributed by atoms with Gasteiger partial charge in [-0.05, 0) is 31.2 Å². The predicted molar refractivity (Wildman–Crippen MR) is 64.8 cm³/mol. The van der Waals surface area contributed by atoms with Crippen LogP contribution in [0.4, 0.5) is 5.69 Å². The van der Waals surface area contributed by atoms with Crippen LogP contribution >= 0.6 is 11.6 Å². The number of ether oxygens (including phenoxy) is 1. The van der Waals surface area contributed by atoms with Crippen molar-refractivity contribution in [3.05, 3.63) is 29.3 Å². The first-order valence-corrected chi connectivity index (χ1v) is 5.22. The van der Waals surface area contributed by atoms with E-state index in [-0.39, 0.29) is 6.61 Å². The summed E-state index contributed by atoms with van der Waals surface area (Å²) >= 11 is 5.56. The molecule has 0 saturated heterocycles. The highest BCUT2D eigenvalue weighted by Gasteiger charge is 2.06. The Morgan fingerprint density at radius 2 is 1.88 bits per heavy atom. The van der Waals surface area contributed by atoms with Crippen molar-refractivity contribution >= 4 is 29.2 Å². The molecule has 5 nitrogen and oxygen atoms in total. The lowest BCUT2D eigenvalue weighted by atomic mass is 10.3. The Morgan fingerprint density at radius 3 is 2.24 bits per heavy atom. The van der Waals surface area contributed by atoms with E-state index < -0.39 is 18.4 Å². The van der Waals surface area contributed by atoms with E-state index in [1.807, 2.05) is 0 Å². The number of aliphatic carboxylic acids is 1. The highest BCUT2D eigenvalue weighted by molar-refractivity contribution is 6.30. The molecule has 6 heteroatoms. The fraction of sp³-hybridized carbons (Fsp3) is 0.273. The van der Waals surface area contributed by atoms with E-state index in [0.29, 0.717) is 0 Å². The van der Waals surface area contributed by atoms with E-state index in [4.69, 9.17) is 22.4 Å². The molecule has 3 N–H and O–H groups in total. The monoisotopic (exact) mass is 259 g/mol. The number of nitrogen functional groups attached to an aromatic ring is 1. The highest BCUT2D eigenvalue weighted by atomic mass is 35.5. The van der Waals surface area contributed by atoms with E-state index in [1.54, 1.807) is 31.2 Å². The standard InChI is InChI=1S/C6H6ClN.C5H8O4/c7-5-1-3-6(8)4-2-5;1-2-9-5(8)3-4(6)7/h1-4H,8H2;2-3H2,1H3,(H,6,7). The van der Waals surface area contributed by atoms with E-state index >= 15 is 0 Å². The fourth-order valence-electron chi connectivity index (χ4n) is 0.798. The fourth-order valence-corrected chi connectivity index (χ4v) is 0.924. The Labute approximate surface area is 104 Å². The zero-order valence-electron chi connectivity index (χ0n) is 9.35. The molecule has 0 atom stereocenters. The molecule has 0 saturated carbocycles. The van der Waals surface area contributed by atoms with Crippen LogP contribution in [-0.2, 0) is 14.3 Å². The van der Waals surface area contributed by atoms with Crippen molar-refractivity contribution in [1.82, 2.24) is 0 Å². The van der Waals surface area contributed by atoms with Gasteiger partial charge in [-0.15, -0.1) is 0 Å². The van der Waals surface area contributed by atoms with Gasteiger partial charge < -0.3 is 15.6 Å². The second kappa shape index (κ2) is 8.41. The molecule has 0 amide bonds. The second-order valence-corrected chi connectivity index (χ2v) is 3.36. The lowest BCUT2D eigenvalue weighted by Crippen LogP contribution is -2.09. The van der Waals surface area contributed by atoms with Crippen LogP contribution in [0.25, 0.3) is 0 Å². The average molecular weight is 260 g/mol. The third kappa shape index (κ3) is 9.19. The Balaban J connectivity index is 0.000000302. The van der Waals surface area contributed by atoms with Crippen LogP contribution in [0.1, 0.15) is 13.3 Å². The molecule has 0 aliphatic heterocycles. The molecule has 0 aliphatic carbocycles. The number of esters is 1. The number of halogens is 1. The molecule has 1 aromatic rings. The quantitative estimate of drug-likeness (QED) is 0.492. The summed E-state index contributed by atoms with van der Waals surface area (Å²) in [5, 5.41) is 8.73. The van der Waals surface area contributed by atoms with Crippen LogP contribution in [0.3, 0.4) is 0 Å². The number of rotatable bonds is 3. The molecule has 0 aliphatic rings. The number of carboxylic acid groups (broad SMARTS) is 1. The van der Waals surface area contributed by atoms with E-state index in [9.17, 15) is 9.59 Å². The van der Waals surface area contributed by atoms with Gasteiger partial charge in [-0.25, -0.2) is 0 Å². The maximum atomic E-state index is 10.3. The molecule has 17 heavy (non-hydrogen) atoms. The third-order valence-corrected chi connectivity index (χ3v) is 1.72. The normalized spacial score (nSPS) is 8.82. The summed E-state index contributed by atoms with van der Waals surface area (Å²) in [5.41, 5.74) is 6.11. The predicted octanol–water partition coefficient (Wildman–Crippen LogP) is 1.95. The molecular formula is C11H14ClNO4. The van der Waals surface area contributed by atoms with Gasteiger partial charge in [0.1, 0.15) is 6.42 Å². The van der Waals surface area contributed by atoms with Gasteiger partial charge in [0, 0.05) is 10.7 Å². The van der Waals surface area contributed by atoms with Crippen molar-refractivity contribution in [3.8, 4) is 0 Å². The van der Waals surface area contributed by atoms with E-state index in [0.717, 1.165) is 10.7 Å².